The first-order valence-electron chi connectivity index (χ1n) is 5.97. The highest BCUT2D eigenvalue weighted by Gasteiger charge is 2.11. The van der Waals surface area contributed by atoms with Crippen molar-refractivity contribution in [2.24, 2.45) is 0 Å². The van der Waals surface area contributed by atoms with E-state index >= 15 is 0 Å². The Morgan fingerprint density at radius 3 is 2.62 bits per heavy atom. The van der Waals surface area contributed by atoms with Crippen molar-refractivity contribution in [3.05, 3.63) is 28.8 Å². The van der Waals surface area contributed by atoms with E-state index in [1.54, 1.807) is 6.92 Å². The molecule has 1 aromatic rings. The molecular formula is C13H16ClNO5S. The van der Waals surface area contributed by atoms with Gasteiger partial charge in [-0.3, -0.25) is 4.72 Å². The van der Waals surface area contributed by atoms with Crippen LogP contribution in [-0.2, 0) is 19.6 Å². The van der Waals surface area contributed by atoms with Gasteiger partial charge in [0.15, 0.2) is 0 Å². The molecule has 0 saturated heterocycles. The zero-order chi connectivity index (χ0) is 16.0. The monoisotopic (exact) mass is 333 g/mol. The van der Waals surface area contributed by atoms with Gasteiger partial charge in [-0.25, -0.2) is 13.2 Å². The van der Waals surface area contributed by atoms with Crippen LogP contribution in [0.1, 0.15) is 12.5 Å². The van der Waals surface area contributed by atoms with E-state index in [1.807, 2.05) is 0 Å². The summed E-state index contributed by atoms with van der Waals surface area (Å²) in [5.74, 6) is -0.170. The Hall–Kier alpha value is -1.73. The highest BCUT2D eigenvalue weighted by atomic mass is 35.5. The predicted molar refractivity (Wildman–Crippen MR) is 82.1 cm³/mol. The number of carbonyl (C=O) groups excluding carboxylic acids is 1. The third-order valence-corrected chi connectivity index (χ3v) is 3.19. The minimum atomic E-state index is -3.48. The van der Waals surface area contributed by atoms with Gasteiger partial charge in [0.05, 0.1) is 30.7 Å². The summed E-state index contributed by atoms with van der Waals surface area (Å²) in [6.45, 7) is 1.94. The third-order valence-electron chi connectivity index (χ3n) is 2.30. The Balaban J connectivity index is 3.22. The van der Waals surface area contributed by atoms with E-state index in [4.69, 9.17) is 21.1 Å². The highest BCUT2D eigenvalue weighted by Crippen LogP contribution is 2.32. The first-order chi connectivity index (χ1) is 9.76. The second kappa shape index (κ2) is 7.33. The van der Waals surface area contributed by atoms with E-state index in [0.29, 0.717) is 11.3 Å². The van der Waals surface area contributed by atoms with Crippen molar-refractivity contribution in [2.75, 3.05) is 24.7 Å². The summed E-state index contributed by atoms with van der Waals surface area (Å²) in [6, 6.07) is 2.93. The van der Waals surface area contributed by atoms with Gasteiger partial charge < -0.3 is 9.47 Å². The summed E-state index contributed by atoms with van der Waals surface area (Å²) in [5.41, 5.74) is 0.665. The molecule has 0 fully saturated rings. The summed E-state index contributed by atoms with van der Waals surface area (Å²) >= 11 is 5.97. The zero-order valence-corrected chi connectivity index (χ0v) is 13.4. The number of esters is 1. The first-order valence-corrected chi connectivity index (χ1v) is 8.24. The molecule has 0 aliphatic heterocycles. The van der Waals surface area contributed by atoms with Gasteiger partial charge in [0.2, 0.25) is 10.0 Å². The molecule has 1 aromatic carbocycles. The Labute approximate surface area is 128 Å². The number of carbonyl (C=O) groups is 1. The summed E-state index contributed by atoms with van der Waals surface area (Å²) in [5, 5.41) is 0.247. The van der Waals surface area contributed by atoms with Gasteiger partial charge >= 0.3 is 5.97 Å². The van der Waals surface area contributed by atoms with Crippen LogP contribution in [0, 0.1) is 0 Å². The van der Waals surface area contributed by atoms with Crippen molar-refractivity contribution >= 4 is 39.4 Å². The van der Waals surface area contributed by atoms with Crippen LogP contribution in [0.15, 0.2) is 18.2 Å². The maximum atomic E-state index is 11.4. The molecule has 0 unspecified atom stereocenters. The molecule has 0 aliphatic carbocycles. The van der Waals surface area contributed by atoms with Crippen molar-refractivity contribution < 1.29 is 22.7 Å². The number of nitrogens with one attached hydrogen (secondary N) is 1. The average Bonchev–Trinajstić information content (AvgIpc) is 2.36. The van der Waals surface area contributed by atoms with E-state index in [9.17, 15) is 13.2 Å². The average molecular weight is 334 g/mol. The van der Waals surface area contributed by atoms with E-state index in [1.165, 1.54) is 31.4 Å². The number of sulfonamides is 1. The van der Waals surface area contributed by atoms with Gasteiger partial charge in [0, 0.05) is 11.6 Å². The van der Waals surface area contributed by atoms with Crippen LogP contribution in [0.4, 0.5) is 5.69 Å². The molecule has 0 aliphatic rings. The van der Waals surface area contributed by atoms with Crippen LogP contribution in [-0.4, -0.2) is 34.4 Å². The lowest BCUT2D eigenvalue weighted by molar-refractivity contribution is -0.137. The molecule has 0 radical (unpaired) electrons. The molecule has 0 spiro atoms. The molecule has 0 atom stereocenters. The third kappa shape index (κ3) is 5.65. The second-order valence-electron chi connectivity index (χ2n) is 4.03. The topological polar surface area (TPSA) is 81.7 Å². The quantitative estimate of drug-likeness (QED) is 0.638. The van der Waals surface area contributed by atoms with Crippen molar-refractivity contribution in [3.63, 3.8) is 0 Å². The number of anilines is 1. The zero-order valence-electron chi connectivity index (χ0n) is 11.8. The molecule has 0 bridgehead atoms. The van der Waals surface area contributed by atoms with E-state index in [2.05, 4.69) is 4.72 Å². The maximum Gasteiger partial charge on any atom is 0.330 e. The molecule has 0 aromatic heterocycles. The standard InChI is InChI=1S/C13H16ClNO5S/c1-4-20-13(16)6-5-9-7-12(19-2)10(14)8-11(9)15-21(3,17)18/h5-8,15H,4H2,1-3H3/b6-5+. The molecule has 1 rings (SSSR count). The Kier molecular flexibility index (Phi) is 6.04. The number of hydrogen-bond acceptors (Lipinski definition) is 5. The molecule has 116 valence electrons. The van der Waals surface area contributed by atoms with Gasteiger partial charge in [-0.1, -0.05) is 11.6 Å². The number of methoxy groups -OCH3 is 1. The predicted octanol–water partition coefficient (Wildman–Crippen LogP) is 2.30. The van der Waals surface area contributed by atoms with E-state index in [-0.39, 0.29) is 17.3 Å². The summed E-state index contributed by atoms with van der Waals surface area (Å²) in [4.78, 5) is 11.3. The molecule has 21 heavy (non-hydrogen) atoms. The lowest BCUT2D eigenvalue weighted by Crippen LogP contribution is -2.10. The lowest BCUT2D eigenvalue weighted by Gasteiger charge is -2.11. The van der Waals surface area contributed by atoms with Gasteiger partial charge in [-0.2, -0.15) is 0 Å². The van der Waals surface area contributed by atoms with E-state index in [0.717, 1.165) is 6.26 Å². The number of rotatable bonds is 6. The fraction of sp³-hybridized carbons (Fsp3) is 0.308. The largest absolute Gasteiger partial charge is 0.495 e. The number of benzene rings is 1. The fourth-order valence-electron chi connectivity index (χ4n) is 1.50. The fourth-order valence-corrected chi connectivity index (χ4v) is 2.32. The SMILES string of the molecule is CCOC(=O)/C=C/c1cc(OC)c(Cl)cc1NS(C)(=O)=O. The lowest BCUT2D eigenvalue weighted by atomic mass is 10.1. The van der Waals surface area contributed by atoms with E-state index < -0.39 is 16.0 Å². The Morgan fingerprint density at radius 2 is 2.10 bits per heavy atom. The molecule has 6 nitrogen and oxygen atoms in total. The minimum absolute atomic E-state index is 0.240. The van der Waals surface area contributed by atoms with Crippen LogP contribution in [0.2, 0.25) is 5.02 Å². The van der Waals surface area contributed by atoms with Gasteiger partial charge in [-0.15, -0.1) is 0 Å². The molecule has 0 heterocycles. The maximum absolute atomic E-state index is 11.4. The number of ether oxygens (including phenoxy) is 2. The normalized spacial score (nSPS) is 11.4. The minimum Gasteiger partial charge on any atom is -0.495 e. The summed E-state index contributed by atoms with van der Waals surface area (Å²) in [6.07, 6.45) is 3.63. The first kappa shape index (κ1) is 17.3. The Morgan fingerprint density at radius 1 is 1.43 bits per heavy atom. The van der Waals surface area contributed by atoms with Gasteiger partial charge in [0.25, 0.3) is 0 Å². The highest BCUT2D eigenvalue weighted by molar-refractivity contribution is 7.92. The van der Waals surface area contributed by atoms with Crippen molar-refractivity contribution in [1.29, 1.82) is 0 Å². The molecular weight excluding hydrogens is 318 g/mol. The number of hydrogen-bond donors (Lipinski definition) is 1. The Bertz CT molecular complexity index is 655. The van der Waals surface area contributed by atoms with Crippen LogP contribution in [0.3, 0.4) is 0 Å². The van der Waals surface area contributed by atoms with Crippen LogP contribution in [0.25, 0.3) is 6.08 Å². The van der Waals surface area contributed by atoms with Crippen molar-refractivity contribution in [2.45, 2.75) is 6.92 Å². The van der Waals surface area contributed by atoms with Crippen LogP contribution < -0.4 is 9.46 Å². The molecule has 0 amide bonds. The van der Waals surface area contributed by atoms with Gasteiger partial charge in [0.1, 0.15) is 5.75 Å². The molecule has 1 N–H and O–H groups in total. The summed E-state index contributed by atoms with van der Waals surface area (Å²) < 4.78 is 34.9. The second-order valence-corrected chi connectivity index (χ2v) is 6.19. The summed E-state index contributed by atoms with van der Waals surface area (Å²) in [7, 11) is -2.05. The van der Waals surface area contributed by atoms with Crippen molar-refractivity contribution in [3.8, 4) is 5.75 Å². The van der Waals surface area contributed by atoms with Gasteiger partial charge in [-0.05, 0) is 25.1 Å². The molecule has 8 heteroatoms. The molecule has 0 saturated carbocycles. The number of halogens is 1. The van der Waals surface area contributed by atoms with Crippen LogP contribution >= 0.6 is 11.6 Å². The van der Waals surface area contributed by atoms with Crippen LogP contribution in [0.5, 0.6) is 5.75 Å². The van der Waals surface area contributed by atoms with Crippen molar-refractivity contribution in [1.82, 2.24) is 0 Å². The smallest absolute Gasteiger partial charge is 0.330 e.